The van der Waals surface area contributed by atoms with Gasteiger partial charge in [0, 0.05) is 32.2 Å². The number of nitrogens with zero attached hydrogens (tertiary/aromatic N) is 2. The van der Waals surface area contributed by atoms with Crippen molar-refractivity contribution in [2.24, 2.45) is 0 Å². The Bertz CT molecular complexity index is 1190. The van der Waals surface area contributed by atoms with E-state index in [0.717, 1.165) is 43.6 Å². The zero-order valence-corrected chi connectivity index (χ0v) is 22.3. The molecule has 0 spiro atoms. The maximum absolute atomic E-state index is 13.9. The Morgan fingerprint density at radius 1 is 0.829 bits per heavy atom. The molecule has 0 atom stereocenters. The van der Waals surface area contributed by atoms with Crippen LogP contribution >= 0.6 is 0 Å². The molecule has 4 nitrogen and oxygen atoms in total. The highest BCUT2D eigenvalue weighted by Gasteiger charge is 2.34. The molecule has 0 amide bonds. The first-order valence-corrected chi connectivity index (χ1v) is 14.0. The molecule has 35 heavy (non-hydrogen) atoms. The van der Waals surface area contributed by atoms with E-state index in [1.807, 2.05) is 30.3 Å². The predicted octanol–water partition coefficient (Wildman–Crippen LogP) is 6.15. The number of likely N-dealkylation sites (tertiary alicyclic amines) is 1. The summed E-state index contributed by atoms with van der Waals surface area (Å²) in [4.78, 5) is 2.81. The highest BCUT2D eigenvalue weighted by atomic mass is 32.2. The van der Waals surface area contributed by atoms with Gasteiger partial charge >= 0.3 is 0 Å². The van der Waals surface area contributed by atoms with Crippen LogP contribution in [0.1, 0.15) is 55.9 Å². The fourth-order valence-electron chi connectivity index (χ4n) is 4.75. The van der Waals surface area contributed by atoms with Gasteiger partial charge in [-0.3, -0.25) is 4.90 Å². The maximum Gasteiger partial charge on any atom is 0.243 e. The molecule has 0 N–H and O–H groups in total. The molecule has 1 heterocycles. The topological polar surface area (TPSA) is 40.6 Å². The van der Waals surface area contributed by atoms with Crippen molar-refractivity contribution in [3.63, 3.8) is 0 Å². The monoisotopic (exact) mass is 490 g/mol. The van der Waals surface area contributed by atoms with Crippen molar-refractivity contribution >= 4 is 10.0 Å². The number of aryl methyl sites for hydroxylation is 1. The SMILES string of the molecule is Cc1ccc(CN(C2CCN(Cc3ccccc3)CC2)S(=O)(=O)c2ccc(C(C)(C)C)cc2)cc1. The summed E-state index contributed by atoms with van der Waals surface area (Å²) >= 11 is 0. The van der Waals surface area contributed by atoms with Crippen LogP contribution in [0, 0.1) is 6.92 Å². The van der Waals surface area contributed by atoms with Gasteiger partial charge < -0.3 is 0 Å². The molecule has 1 aliphatic rings. The summed E-state index contributed by atoms with van der Waals surface area (Å²) in [5.41, 5.74) is 4.62. The summed E-state index contributed by atoms with van der Waals surface area (Å²) in [5.74, 6) is 0. The van der Waals surface area contributed by atoms with E-state index in [4.69, 9.17) is 0 Å². The zero-order valence-electron chi connectivity index (χ0n) is 21.4. The van der Waals surface area contributed by atoms with Crippen molar-refractivity contribution in [2.75, 3.05) is 13.1 Å². The fourth-order valence-corrected chi connectivity index (χ4v) is 6.43. The van der Waals surface area contributed by atoms with E-state index < -0.39 is 10.0 Å². The highest BCUT2D eigenvalue weighted by molar-refractivity contribution is 7.89. The first-order chi connectivity index (χ1) is 16.6. The van der Waals surface area contributed by atoms with Gasteiger partial charge in [-0.1, -0.05) is 93.1 Å². The van der Waals surface area contributed by atoms with E-state index >= 15 is 0 Å². The minimum atomic E-state index is -3.63. The Morgan fingerprint density at radius 3 is 2.00 bits per heavy atom. The molecule has 0 aromatic heterocycles. The number of hydrogen-bond acceptors (Lipinski definition) is 3. The van der Waals surface area contributed by atoms with Crippen molar-refractivity contribution in [2.45, 2.75) is 70.0 Å². The Balaban J connectivity index is 1.56. The molecule has 1 fully saturated rings. The van der Waals surface area contributed by atoms with E-state index in [-0.39, 0.29) is 11.5 Å². The summed E-state index contributed by atoms with van der Waals surface area (Å²) in [6, 6.07) is 26.2. The van der Waals surface area contributed by atoms with Crippen LogP contribution < -0.4 is 0 Å². The van der Waals surface area contributed by atoms with Crippen LogP contribution in [0.4, 0.5) is 0 Å². The predicted molar refractivity (Wildman–Crippen MR) is 144 cm³/mol. The van der Waals surface area contributed by atoms with Gasteiger partial charge in [0.05, 0.1) is 4.90 Å². The number of sulfonamides is 1. The summed E-state index contributed by atoms with van der Waals surface area (Å²) < 4.78 is 29.7. The molecule has 0 radical (unpaired) electrons. The Hall–Kier alpha value is -2.47. The minimum Gasteiger partial charge on any atom is -0.299 e. The smallest absolute Gasteiger partial charge is 0.243 e. The molecule has 5 heteroatoms. The minimum absolute atomic E-state index is 0.0179. The van der Waals surface area contributed by atoms with Gasteiger partial charge in [-0.05, 0) is 54.0 Å². The molecule has 3 aromatic rings. The molecule has 0 saturated carbocycles. The molecule has 3 aromatic carbocycles. The van der Waals surface area contributed by atoms with E-state index in [0.29, 0.717) is 11.4 Å². The fraction of sp³-hybridized carbons (Fsp3) is 0.400. The molecule has 1 aliphatic heterocycles. The van der Waals surface area contributed by atoms with Crippen LogP contribution in [0.25, 0.3) is 0 Å². The van der Waals surface area contributed by atoms with Crippen molar-refractivity contribution in [3.05, 3.63) is 101 Å². The lowest BCUT2D eigenvalue weighted by Gasteiger charge is -2.38. The molecule has 4 rings (SSSR count). The Kier molecular flexibility index (Phi) is 7.80. The lowest BCUT2D eigenvalue weighted by molar-refractivity contribution is 0.150. The molecule has 0 bridgehead atoms. The molecular weight excluding hydrogens is 452 g/mol. The number of rotatable bonds is 7. The van der Waals surface area contributed by atoms with Crippen molar-refractivity contribution < 1.29 is 8.42 Å². The summed E-state index contributed by atoms with van der Waals surface area (Å²) in [7, 11) is -3.63. The van der Waals surface area contributed by atoms with Gasteiger partial charge in [-0.15, -0.1) is 0 Å². The van der Waals surface area contributed by atoms with Gasteiger partial charge in [0.15, 0.2) is 0 Å². The average Bonchev–Trinajstić information content (AvgIpc) is 2.84. The van der Waals surface area contributed by atoms with Gasteiger partial charge in [0.25, 0.3) is 0 Å². The van der Waals surface area contributed by atoms with E-state index in [9.17, 15) is 8.42 Å². The van der Waals surface area contributed by atoms with Crippen LogP contribution in [0.3, 0.4) is 0 Å². The first kappa shape index (κ1) is 25.6. The van der Waals surface area contributed by atoms with Crippen molar-refractivity contribution in [1.29, 1.82) is 0 Å². The largest absolute Gasteiger partial charge is 0.299 e. The third kappa shape index (κ3) is 6.40. The lowest BCUT2D eigenvalue weighted by atomic mass is 9.87. The van der Waals surface area contributed by atoms with Gasteiger partial charge in [-0.2, -0.15) is 4.31 Å². The quantitative estimate of drug-likeness (QED) is 0.399. The second-order valence-corrected chi connectivity index (χ2v) is 12.7. The van der Waals surface area contributed by atoms with Gasteiger partial charge in [-0.25, -0.2) is 8.42 Å². The third-order valence-corrected chi connectivity index (χ3v) is 8.91. The van der Waals surface area contributed by atoms with E-state index in [1.54, 1.807) is 16.4 Å². The maximum atomic E-state index is 13.9. The van der Waals surface area contributed by atoms with Gasteiger partial charge in [0.1, 0.15) is 0 Å². The summed E-state index contributed by atoms with van der Waals surface area (Å²) in [6.45, 7) is 11.6. The lowest BCUT2D eigenvalue weighted by Crippen LogP contribution is -2.46. The molecular formula is C30H38N2O2S. The normalized spacial score (nSPS) is 16.0. The van der Waals surface area contributed by atoms with Crippen LogP contribution in [0.2, 0.25) is 0 Å². The summed E-state index contributed by atoms with van der Waals surface area (Å²) in [6.07, 6.45) is 1.66. The molecule has 0 aliphatic carbocycles. The standard InChI is InChI=1S/C30H38N2O2S/c1-24-10-12-26(13-11-24)23-32(35(33,34)29-16-14-27(15-17-29)30(2,3)4)28-18-20-31(21-19-28)22-25-8-6-5-7-9-25/h5-17,28H,18-23H2,1-4H3. The Labute approximate surface area is 211 Å². The average molecular weight is 491 g/mol. The molecule has 186 valence electrons. The zero-order chi connectivity index (χ0) is 25.1. The van der Waals surface area contributed by atoms with Crippen LogP contribution in [-0.4, -0.2) is 36.8 Å². The second-order valence-electron chi connectivity index (χ2n) is 10.8. The molecule has 0 unspecified atom stereocenters. The number of benzene rings is 3. The van der Waals surface area contributed by atoms with Crippen molar-refractivity contribution in [3.8, 4) is 0 Å². The van der Waals surface area contributed by atoms with Crippen LogP contribution in [0.5, 0.6) is 0 Å². The third-order valence-electron chi connectivity index (χ3n) is 7.00. The Morgan fingerprint density at radius 2 is 1.43 bits per heavy atom. The van der Waals surface area contributed by atoms with E-state index in [2.05, 4.69) is 69.0 Å². The van der Waals surface area contributed by atoms with Gasteiger partial charge in [0.2, 0.25) is 10.0 Å². The van der Waals surface area contributed by atoms with Crippen molar-refractivity contribution in [1.82, 2.24) is 9.21 Å². The van der Waals surface area contributed by atoms with E-state index in [1.165, 1.54) is 11.1 Å². The molecule has 1 saturated heterocycles. The second kappa shape index (κ2) is 10.7. The van der Waals surface area contributed by atoms with Crippen LogP contribution in [0.15, 0.2) is 83.8 Å². The number of hydrogen-bond donors (Lipinski definition) is 0. The first-order valence-electron chi connectivity index (χ1n) is 12.6. The number of piperidine rings is 1. The highest BCUT2D eigenvalue weighted by Crippen LogP contribution is 2.29. The summed E-state index contributed by atoms with van der Waals surface area (Å²) in [5, 5.41) is 0. The van der Waals surface area contributed by atoms with Crippen LogP contribution in [-0.2, 0) is 28.5 Å².